The lowest BCUT2D eigenvalue weighted by Gasteiger charge is -2.23. The minimum absolute atomic E-state index is 0.151. The molecule has 0 bridgehead atoms. The molecule has 0 saturated carbocycles. The van der Waals surface area contributed by atoms with Gasteiger partial charge in [0.1, 0.15) is 11.5 Å². The van der Waals surface area contributed by atoms with E-state index in [1.807, 2.05) is 6.92 Å². The number of nitrogens with one attached hydrogen (secondary N) is 1. The topological polar surface area (TPSA) is 93.8 Å². The Morgan fingerprint density at radius 3 is 2.57 bits per heavy atom. The van der Waals surface area contributed by atoms with Crippen molar-refractivity contribution in [2.45, 2.75) is 32.3 Å². The van der Waals surface area contributed by atoms with Crippen LogP contribution in [0.2, 0.25) is 0 Å². The molecule has 1 amide bonds. The van der Waals surface area contributed by atoms with Crippen LogP contribution in [0, 0.1) is 0 Å². The summed E-state index contributed by atoms with van der Waals surface area (Å²) in [6.07, 6.45) is 1.43. The lowest BCUT2D eigenvalue weighted by molar-refractivity contribution is 0.0469. The highest BCUT2D eigenvalue weighted by atomic mass is 16.5. The van der Waals surface area contributed by atoms with Gasteiger partial charge in [0.25, 0.3) is 5.91 Å². The minimum atomic E-state index is -0.942. The Bertz CT molecular complexity index is 501. The summed E-state index contributed by atoms with van der Waals surface area (Å²) >= 11 is 0. The molecule has 1 aromatic carbocycles. The van der Waals surface area contributed by atoms with E-state index in [2.05, 4.69) is 5.32 Å². The number of aliphatic hydroxyl groups is 1. The molecule has 0 fully saturated rings. The van der Waals surface area contributed by atoms with Crippen molar-refractivity contribution in [2.24, 2.45) is 0 Å². The van der Waals surface area contributed by atoms with Gasteiger partial charge in [0.2, 0.25) is 0 Å². The van der Waals surface area contributed by atoms with Crippen LogP contribution in [-0.2, 0) is 0 Å². The Kier molecular flexibility index (Phi) is 5.84. The largest absolute Gasteiger partial charge is 0.497 e. The second-order valence-corrected chi connectivity index (χ2v) is 5.22. The van der Waals surface area contributed by atoms with Gasteiger partial charge in [-0.1, -0.05) is 13.3 Å². The van der Waals surface area contributed by atoms with E-state index in [0.29, 0.717) is 17.9 Å². The van der Waals surface area contributed by atoms with E-state index in [1.165, 1.54) is 14.2 Å². The first-order chi connectivity index (χ1) is 9.84. The van der Waals surface area contributed by atoms with Gasteiger partial charge in [-0.3, -0.25) is 4.79 Å². The van der Waals surface area contributed by atoms with Gasteiger partial charge in [0.15, 0.2) is 0 Å². The third-order valence-corrected chi connectivity index (χ3v) is 3.23. The summed E-state index contributed by atoms with van der Waals surface area (Å²) in [5.74, 6) is 0.479. The maximum absolute atomic E-state index is 12.2. The van der Waals surface area contributed by atoms with Gasteiger partial charge in [0.05, 0.1) is 31.1 Å². The Morgan fingerprint density at radius 2 is 2.05 bits per heavy atom. The van der Waals surface area contributed by atoms with Gasteiger partial charge in [-0.2, -0.15) is 0 Å². The fourth-order valence-electron chi connectivity index (χ4n) is 2.07. The normalized spacial score (nSPS) is 13.4. The molecule has 0 aliphatic heterocycles. The molecule has 0 heterocycles. The summed E-state index contributed by atoms with van der Waals surface area (Å²) in [5, 5.41) is 12.8. The standard InChI is InChI=1S/C15H24N2O4/c1-5-6-15(2,19)9-17-14(18)11-7-10(20-3)8-12(21-4)13(11)16/h7-8,19H,5-6,9,16H2,1-4H3,(H,17,18). The van der Waals surface area contributed by atoms with E-state index in [0.717, 1.165) is 6.42 Å². The van der Waals surface area contributed by atoms with E-state index in [9.17, 15) is 9.90 Å². The zero-order chi connectivity index (χ0) is 16.0. The lowest BCUT2D eigenvalue weighted by atomic mass is 10.0. The number of amides is 1. The number of hydrogen-bond donors (Lipinski definition) is 3. The molecule has 1 atom stereocenters. The van der Waals surface area contributed by atoms with Gasteiger partial charge in [-0.05, 0) is 19.4 Å². The SMILES string of the molecule is CCCC(C)(O)CNC(=O)c1cc(OC)cc(OC)c1N. The molecule has 1 aromatic rings. The molecule has 0 radical (unpaired) electrons. The van der Waals surface area contributed by atoms with Crippen LogP contribution in [0.15, 0.2) is 12.1 Å². The van der Waals surface area contributed by atoms with Crippen molar-refractivity contribution in [3.05, 3.63) is 17.7 Å². The summed E-state index contributed by atoms with van der Waals surface area (Å²) in [4.78, 5) is 12.2. The van der Waals surface area contributed by atoms with Gasteiger partial charge in [-0.25, -0.2) is 0 Å². The molecule has 0 aliphatic carbocycles. The summed E-state index contributed by atoms with van der Waals surface area (Å²) in [6.45, 7) is 3.81. The highest BCUT2D eigenvalue weighted by molar-refractivity contribution is 6.01. The number of nitrogens with two attached hydrogens (primary N) is 1. The molecule has 118 valence electrons. The van der Waals surface area contributed by atoms with Crippen LogP contribution < -0.4 is 20.5 Å². The summed E-state index contributed by atoms with van der Waals surface area (Å²) in [6, 6.07) is 3.15. The molecule has 0 aromatic heterocycles. The number of carbonyl (C=O) groups excluding carboxylic acids is 1. The maximum atomic E-state index is 12.2. The van der Waals surface area contributed by atoms with Crippen molar-refractivity contribution in [2.75, 3.05) is 26.5 Å². The van der Waals surface area contributed by atoms with Crippen molar-refractivity contribution in [1.82, 2.24) is 5.32 Å². The van der Waals surface area contributed by atoms with Crippen molar-refractivity contribution >= 4 is 11.6 Å². The van der Waals surface area contributed by atoms with Crippen LogP contribution in [0.5, 0.6) is 11.5 Å². The Labute approximate surface area is 125 Å². The highest BCUT2D eigenvalue weighted by Gasteiger charge is 2.22. The first-order valence-electron chi connectivity index (χ1n) is 6.86. The van der Waals surface area contributed by atoms with E-state index in [4.69, 9.17) is 15.2 Å². The zero-order valence-electron chi connectivity index (χ0n) is 13.0. The predicted octanol–water partition coefficient (Wildman–Crippen LogP) is 1.57. The zero-order valence-corrected chi connectivity index (χ0v) is 13.0. The first kappa shape index (κ1) is 17.1. The molecular weight excluding hydrogens is 272 g/mol. The molecule has 1 unspecified atom stereocenters. The molecule has 6 heteroatoms. The van der Waals surface area contributed by atoms with Gasteiger partial charge >= 0.3 is 0 Å². The number of nitrogen functional groups attached to an aromatic ring is 1. The van der Waals surface area contributed by atoms with Crippen LogP contribution in [0.25, 0.3) is 0 Å². The molecular formula is C15H24N2O4. The van der Waals surface area contributed by atoms with Gasteiger partial charge < -0.3 is 25.6 Å². The number of hydrogen-bond acceptors (Lipinski definition) is 5. The summed E-state index contributed by atoms with van der Waals surface area (Å²) < 4.78 is 10.2. The minimum Gasteiger partial charge on any atom is -0.497 e. The third-order valence-electron chi connectivity index (χ3n) is 3.23. The fourth-order valence-corrected chi connectivity index (χ4v) is 2.07. The highest BCUT2D eigenvalue weighted by Crippen LogP contribution is 2.31. The van der Waals surface area contributed by atoms with Crippen LogP contribution >= 0.6 is 0 Å². The molecule has 4 N–H and O–H groups in total. The molecule has 21 heavy (non-hydrogen) atoms. The number of carbonyl (C=O) groups is 1. The van der Waals surface area contributed by atoms with E-state index in [-0.39, 0.29) is 23.7 Å². The van der Waals surface area contributed by atoms with Crippen molar-refractivity contribution < 1.29 is 19.4 Å². The first-order valence-corrected chi connectivity index (χ1v) is 6.86. The average Bonchev–Trinajstić information content (AvgIpc) is 2.45. The average molecular weight is 296 g/mol. The molecule has 0 aliphatic rings. The second-order valence-electron chi connectivity index (χ2n) is 5.22. The molecule has 1 rings (SSSR count). The number of methoxy groups -OCH3 is 2. The predicted molar refractivity (Wildman–Crippen MR) is 81.8 cm³/mol. The quantitative estimate of drug-likeness (QED) is 0.664. The van der Waals surface area contributed by atoms with Gasteiger partial charge in [-0.15, -0.1) is 0 Å². The Morgan fingerprint density at radius 1 is 1.38 bits per heavy atom. The van der Waals surface area contributed by atoms with Crippen LogP contribution in [0.1, 0.15) is 37.0 Å². The van der Waals surface area contributed by atoms with Gasteiger partial charge in [0, 0.05) is 12.6 Å². The monoisotopic (exact) mass is 296 g/mol. The van der Waals surface area contributed by atoms with Crippen LogP contribution in [0.3, 0.4) is 0 Å². The van der Waals surface area contributed by atoms with E-state index in [1.54, 1.807) is 19.1 Å². The summed E-state index contributed by atoms with van der Waals surface area (Å²) in [7, 11) is 2.97. The van der Waals surface area contributed by atoms with E-state index < -0.39 is 5.60 Å². The van der Waals surface area contributed by atoms with Crippen molar-refractivity contribution in [1.29, 1.82) is 0 Å². The Balaban J connectivity index is 2.92. The number of rotatable bonds is 7. The number of anilines is 1. The summed E-state index contributed by atoms with van der Waals surface area (Å²) in [5.41, 5.74) is 5.47. The molecule has 6 nitrogen and oxygen atoms in total. The third kappa shape index (κ3) is 4.53. The lowest BCUT2D eigenvalue weighted by Crippen LogP contribution is -2.40. The fraction of sp³-hybridized carbons (Fsp3) is 0.533. The van der Waals surface area contributed by atoms with Crippen LogP contribution in [0.4, 0.5) is 5.69 Å². The smallest absolute Gasteiger partial charge is 0.253 e. The van der Waals surface area contributed by atoms with E-state index >= 15 is 0 Å². The number of benzene rings is 1. The van der Waals surface area contributed by atoms with Crippen molar-refractivity contribution in [3.63, 3.8) is 0 Å². The maximum Gasteiger partial charge on any atom is 0.253 e. The van der Waals surface area contributed by atoms with Crippen molar-refractivity contribution in [3.8, 4) is 11.5 Å². The number of ether oxygens (including phenoxy) is 2. The molecule has 0 spiro atoms. The Hall–Kier alpha value is -1.95. The van der Waals surface area contributed by atoms with Crippen LogP contribution in [-0.4, -0.2) is 37.4 Å². The second kappa shape index (κ2) is 7.17. The molecule has 0 saturated heterocycles.